The van der Waals surface area contributed by atoms with Crippen LogP contribution in [0.4, 0.5) is 0 Å². The number of hydrogen-bond donors (Lipinski definition) is 0. The molecule has 0 radical (unpaired) electrons. The van der Waals surface area contributed by atoms with Crippen LogP contribution in [0.15, 0.2) is 0 Å². The molecule has 0 aromatic heterocycles. The second-order valence-corrected chi connectivity index (χ2v) is 3.40. The van der Waals surface area contributed by atoms with Crippen LogP contribution >= 0.6 is 0 Å². The zero-order chi connectivity index (χ0) is 11.6. The Hall–Kier alpha value is -1.59. The molecule has 0 bridgehead atoms. The molecule has 1 rings (SSSR count). The van der Waals surface area contributed by atoms with Crippen LogP contribution in [0, 0.1) is 0 Å². The monoisotopic (exact) mass is 216 g/mol. The summed E-state index contributed by atoms with van der Waals surface area (Å²) in [5.74, 6) is -1.89. The van der Waals surface area contributed by atoms with Crippen molar-refractivity contribution in [1.82, 2.24) is 0 Å². The second kappa shape index (κ2) is 3.88. The molecule has 0 aliphatic carbocycles. The average Bonchev–Trinajstić information content (AvgIpc) is 2.31. The molecule has 0 aromatic rings. The van der Waals surface area contributed by atoms with Gasteiger partial charge in [-0.3, -0.25) is 9.59 Å². The van der Waals surface area contributed by atoms with Gasteiger partial charge in [0.25, 0.3) is 0 Å². The SMILES string of the molecule is CC(=O)O[C@H]1COC(=O)[C@@]1(C)OC(C)=O. The van der Waals surface area contributed by atoms with Gasteiger partial charge in [-0.2, -0.15) is 0 Å². The van der Waals surface area contributed by atoms with Gasteiger partial charge in [0.05, 0.1) is 0 Å². The van der Waals surface area contributed by atoms with Crippen LogP contribution in [0.2, 0.25) is 0 Å². The quantitative estimate of drug-likeness (QED) is 0.469. The van der Waals surface area contributed by atoms with Crippen LogP contribution in [-0.4, -0.2) is 36.2 Å². The third-order valence-electron chi connectivity index (χ3n) is 2.05. The molecule has 0 spiro atoms. The first-order chi connectivity index (χ1) is 6.86. The number of esters is 3. The fourth-order valence-electron chi connectivity index (χ4n) is 1.34. The third-order valence-corrected chi connectivity index (χ3v) is 2.05. The third kappa shape index (κ3) is 2.26. The highest BCUT2D eigenvalue weighted by atomic mass is 16.7. The van der Waals surface area contributed by atoms with E-state index in [1.165, 1.54) is 20.8 Å². The zero-order valence-corrected chi connectivity index (χ0v) is 8.73. The molecule has 1 fully saturated rings. The van der Waals surface area contributed by atoms with Crippen molar-refractivity contribution in [2.75, 3.05) is 6.61 Å². The van der Waals surface area contributed by atoms with Gasteiger partial charge < -0.3 is 14.2 Å². The summed E-state index contributed by atoms with van der Waals surface area (Å²) in [6.45, 7) is 3.64. The largest absolute Gasteiger partial charge is 0.458 e. The van der Waals surface area contributed by atoms with Gasteiger partial charge in [-0.15, -0.1) is 0 Å². The van der Waals surface area contributed by atoms with Crippen LogP contribution in [0.25, 0.3) is 0 Å². The molecule has 15 heavy (non-hydrogen) atoms. The Morgan fingerprint density at radius 3 is 2.47 bits per heavy atom. The van der Waals surface area contributed by atoms with Crippen molar-refractivity contribution in [2.45, 2.75) is 32.5 Å². The highest BCUT2D eigenvalue weighted by molar-refractivity contribution is 5.85. The van der Waals surface area contributed by atoms with Crippen molar-refractivity contribution in [2.24, 2.45) is 0 Å². The molecule has 0 saturated carbocycles. The van der Waals surface area contributed by atoms with Gasteiger partial charge >= 0.3 is 17.9 Å². The molecule has 1 heterocycles. The summed E-state index contributed by atoms with van der Waals surface area (Å²) in [6.07, 6.45) is -0.883. The molecule has 0 aromatic carbocycles. The summed E-state index contributed by atoms with van der Waals surface area (Å²) in [4.78, 5) is 32.9. The standard InChI is InChI=1S/C9H12O6/c1-5(10)14-7-4-13-8(12)9(7,3)15-6(2)11/h7H,4H2,1-3H3/t7-,9-/m0/s1. The van der Waals surface area contributed by atoms with E-state index < -0.39 is 29.6 Å². The summed E-state index contributed by atoms with van der Waals surface area (Å²) in [5.41, 5.74) is -1.53. The summed E-state index contributed by atoms with van der Waals surface area (Å²) >= 11 is 0. The van der Waals surface area contributed by atoms with Crippen molar-refractivity contribution in [3.63, 3.8) is 0 Å². The molecule has 1 saturated heterocycles. The van der Waals surface area contributed by atoms with E-state index in [1.807, 2.05) is 0 Å². The van der Waals surface area contributed by atoms with Gasteiger partial charge in [0.2, 0.25) is 5.60 Å². The Morgan fingerprint density at radius 1 is 1.40 bits per heavy atom. The van der Waals surface area contributed by atoms with E-state index in [2.05, 4.69) is 4.74 Å². The van der Waals surface area contributed by atoms with Crippen LogP contribution in [0.5, 0.6) is 0 Å². The number of ether oxygens (including phenoxy) is 3. The molecule has 6 heteroatoms. The lowest BCUT2D eigenvalue weighted by Gasteiger charge is -2.25. The molecular formula is C9H12O6. The van der Waals surface area contributed by atoms with Crippen molar-refractivity contribution in [3.8, 4) is 0 Å². The molecular weight excluding hydrogens is 204 g/mol. The molecule has 6 nitrogen and oxygen atoms in total. The molecule has 84 valence electrons. The van der Waals surface area contributed by atoms with Gasteiger partial charge in [-0.05, 0) is 6.92 Å². The lowest BCUT2D eigenvalue weighted by molar-refractivity contribution is -0.180. The molecule has 0 amide bonds. The first kappa shape index (κ1) is 11.5. The summed E-state index contributed by atoms with van der Waals surface area (Å²) < 4.78 is 14.4. The maximum atomic E-state index is 11.3. The minimum Gasteiger partial charge on any atom is -0.458 e. The molecule has 1 aliphatic rings. The maximum absolute atomic E-state index is 11.3. The first-order valence-electron chi connectivity index (χ1n) is 4.40. The number of rotatable bonds is 2. The summed E-state index contributed by atoms with van der Waals surface area (Å²) in [5, 5.41) is 0. The molecule has 1 aliphatic heterocycles. The number of carbonyl (C=O) groups is 3. The smallest absolute Gasteiger partial charge is 0.354 e. The predicted octanol–water partition coefficient (Wildman–Crippen LogP) is -0.203. The van der Waals surface area contributed by atoms with Gasteiger partial charge in [0.1, 0.15) is 6.61 Å². The number of carbonyl (C=O) groups excluding carboxylic acids is 3. The van der Waals surface area contributed by atoms with E-state index in [0.717, 1.165) is 0 Å². The minimum absolute atomic E-state index is 0.0950. The van der Waals surface area contributed by atoms with Crippen molar-refractivity contribution in [3.05, 3.63) is 0 Å². The number of hydrogen-bond acceptors (Lipinski definition) is 6. The van der Waals surface area contributed by atoms with E-state index in [9.17, 15) is 14.4 Å². The topological polar surface area (TPSA) is 78.9 Å². The van der Waals surface area contributed by atoms with Gasteiger partial charge in [-0.25, -0.2) is 4.79 Å². The maximum Gasteiger partial charge on any atom is 0.354 e. The normalized spacial score (nSPS) is 29.5. The predicted molar refractivity (Wildman–Crippen MR) is 46.7 cm³/mol. The van der Waals surface area contributed by atoms with Crippen LogP contribution in [-0.2, 0) is 28.6 Å². The lowest BCUT2D eigenvalue weighted by atomic mass is 10.0. The van der Waals surface area contributed by atoms with Gasteiger partial charge in [0, 0.05) is 13.8 Å². The van der Waals surface area contributed by atoms with E-state index in [0.29, 0.717) is 0 Å². The highest BCUT2D eigenvalue weighted by Crippen LogP contribution is 2.27. The number of cyclic esters (lactones) is 1. The Kier molecular flexibility index (Phi) is 2.97. The Bertz CT molecular complexity index is 310. The van der Waals surface area contributed by atoms with E-state index in [-0.39, 0.29) is 6.61 Å². The Labute approximate surface area is 86.5 Å². The zero-order valence-electron chi connectivity index (χ0n) is 8.73. The van der Waals surface area contributed by atoms with E-state index >= 15 is 0 Å². The van der Waals surface area contributed by atoms with E-state index in [4.69, 9.17) is 9.47 Å². The average molecular weight is 216 g/mol. The van der Waals surface area contributed by atoms with E-state index in [1.54, 1.807) is 0 Å². The molecule has 0 unspecified atom stereocenters. The van der Waals surface area contributed by atoms with Crippen LogP contribution < -0.4 is 0 Å². The van der Waals surface area contributed by atoms with Crippen LogP contribution in [0.3, 0.4) is 0 Å². The Balaban J connectivity index is 2.83. The highest BCUT2D eigenvalue weighted by Gasteiger charge is 2.54. The molecule has 0 N–H and O–H groups in total. The van der Waals surface area contributed by atoms with Crippen LogP contribution in [0.1, 0.15) is 20.8 Å². The van der Waals surface area contributed by atoms with Crippen molar-refractivity contribution < 1.29 is 28.6 Å². The second-order valence-electron chi connectivity index (χ2n) is 3.40. The summed E-state index contributed by atoms with van der Waals surface area (Å²) in [7, 11) is 0. The summed E-state index contributed by atoms with van der Waals surface area (Å²) in [6, 6.07) is 0. The van der Waals surface area contributed by atoms with Crippen molar-refractivity contribution >= 4 is 17.9 Å². The fraction of sp³-hybridized carbons (Fsp3) is 0.667. The fourth-order valence-corrected chi connectivity index (χ4v) is 1.34. The minimum atomic E-state index is -1.53. The Morgan fingerprint density at radius 2 is 2.00 bits per heavy atom. The lowest BCUT2D eigenvalue weighted by Crippen LogP contribution is -2.47. The van der Waals surface area contributed by atoms with Gasteiger partial charge in [0.15, 0.2) is 6.10 Å². The first-order valence-corrected chi connectivity index (χ1v) is 4.40. The van der Waals surface area contributed by atoms with Crippen molar-refractivity contribution in [1.29, 1.82) is 0 Å². The molecule has 2 atom stereocenters. The van der Waals surface area contributed by atoms with Gasteiger partial charge in [-0.1, -0.05) is 0 Å².